The summed E-state index contributed by atoms with van der Waals surface area (Å²) < 4.78 is 11.2. The molecular weight excluding hydrogens is 240 g/mol. The van der Waals surface area contributed by atoms with Crippen LogP contribution in [0.1, 0.15) is 45.3 Å². The Morgan fingerprint density at radius 3 is 2.63 bits per heavy atom. The van der Waals surface area contributed by atoms with Crippen LogP contribution in [0.25, 0.3) is 0 Å². The van der Waals surface area contributed by atoms with Gasteiger partial charge in [-0.25, -0.2) is 0 Å². The third kappa shape index (κ3) is 3.67. The van der Waals surface area contributed by atoms with Crippen LogP contribution in [0.4, 0.5) is 0 Å². The first-order valence-corrected chi connectivity index (χ1v) is 6.90. The summed E-state index contributed by atoms with van der Waals surface area (Å²) in [6.07, 6.45) is 3.75. The van der Waals surface area contributed by atoms with Crippen molar-refractivity contribution in [3.8, 4) is 5.75 Å². The summed E-state index contributed by atoms with van der Waals surface area (Å²) in [4.78, 5) is 4.50. The van der Waals surface area contributed by atoms with Crippen LogP contribution in [-0.2, 0) is 4.74 Å². The van der Waals surface area contributed by atoms with Gasteiger partial charge in [0.1, 0.15) is 11.4 Å². The van der Waals surface area contributed by atoms with Crippen LogP contribution in [0.2, 0.25) is 0 Å². The van der Waals surface area contributed by atoms with Crippen LogP contribution in [-0.4, -0.2) is 31.3 Å². The van der Waals surface area contributed by atoms with Gasteiger partial charge in [0.15, 0.2) is 0 Å². The van der Waals surface area contributed by atoms with Crippen molar-refractivity contribution in [1.29, 1.82) is 0 Å². The van der Waals surface area contributed by atoms with E-state index in [4.69, 9.17) is 9.47 Å². The van der Waals surface area contributed by atoms with Gasteiger partial charge in [0.25, 0.3) is 0 Å². The molecule has 0 saturated carbocycles. The van der Waals surface area contributed by atoms with Crippen LogP contribution in [0.3, 0.4) is 0 Å². The van der Waals surface area contributed by atoms with Gasteiger partial charge >= 0.3 is 0 Å². The Bertz CT molecular complexity index is 378. The lowest BCUT2D eigenvalue weighted by Gasteiger charge is -2.36. The van der Waals surface area contributed by atoms with Crippen molar-refractivity contribution < 1.29 is 9.47 Å². The van der Waals surface area contributed by atoms with Gasteiger partial charge in [-0.05, 0) is 38.4 Å². The smallest absolute Gasteiger partial charge is 0.142 e. The Balaban J connectivity index is 3.15. The minimum absolute atomic E-state index is 0.0126. The second-order valence-electron chi connectivity index (χ2n) is 4.85. The third-order valence-electron chi connectivity index (χ3n) is 3.67. The predicted molar refractivity (Wildman–Crippen MR) is 77.5 cm³/mol. The molecule has 2 unspecified atom stereocenters. The molecule has 1 aromatic heterocycles. The fourth-order valence-electron chi connectivity index (χ4n) is 2.15. The minimum Gasteiger partial charge on any atom is -0.495 e. The van der Waals surface area contributed by atoms with E-state index in [-0.39, 0.29) is 11.6 Å². The Hall–Kier alpha value is -1.13. The zero-order valence-corrected chi connectivity index (χ0v) is 12.7. The summed E-state index contributed by atoms with van der Waals surface area (Å²) in [5.41, 5.74) is 0.598. The van der Waals surface area contributed by atoms with Crippen LogP contribution < -0.4 is 10.1 Å². The summed E-state index contributed by atoms with van der Waals surface area (Å²) in [5, 5.41) is 3.54. The van der Waals surface area contributed by atoms with Gasteiger partial charge in [-0.1, -0.05) is 13.8 Å². The first-order valence-electron chi connectivity index (χ1n) is 6.90. The van der Waals surface area contributed by atoms with Crippen molar-refractivity contribution in [2.45, 2.75) is 45.3 Å². The van der Waals surface area contributed by atoms with Crippen molar-refractivity contribution >= 4 is 0 Å². The third-order valence-corrected chi connectivity index (χ3v) is 3.67. The van der Waals surface area contributed by atoms with Gasteiger partial charge in [0, 0.05) is 13.3 Å². The molecule has 1 N–H and O–H groups in total. The average Bonchev–Trinajstić information content (AvgIpc) is 2.47. The number of methoxy groups -OCH3 is 2. The van der Waals surface area contributed by atoms with E-state index in [1.165, 1.54) is 0 Å². The first kappa shape index (κ1) is 15.9. The topological polar surface area (TPSA) is 43.4 Å². The zero-order chi connectivity index (χ0) is 14.3. The van der Waals surface area contributed by atoms with E-state index in [1.54, 1.807) is 20.4 Å². The van der Waals surface area contributed by atoms with Crippen LogP contribution >= 0.6 is 0 Å². The monoisotopic (exact) mass is 266 g/mol. The lowest BCUT2D eigenvalue weighted by Crippen LogP contribution is -2.43. The standard InChI is InChI=1S/C15H26N2O2/c1-6-10-17-14(15(3,7-2)19-5)13-12(18-4)9-8-11-16-13/h8-9,11,14,17H,6-7,10H2,1-5H3. The lowest BCUT2D eigenvalue weighted by atomic mass is 9.89. The number of nitrogens with zero attached hydrogens (tertiary/aromatic N) is 1. The molecule has 1 rings (SSSR count). The van der Waals surface area contributed by atoms with Crippen molar-refractivity contribution in [3.05, 3.63) is 24.0 Å². The number of hydrogen-bond donors (Lipinski definition) is 1. The molecule has 0 bridgehead atoms. The van der Waals surface area contributed by atoms with E-state index in [0.717, 1.165) is 30.8 Å². The van der Waals surface area contributed by atoms with Crippen LogP contribution in [0.15, 0.2) is 18.3 Å². The molecule has 2 atom stereocenters. The van der Waals surface area contributed by atoms with Crippen molar-refractivity contribution in [1.82, 2.24) is 10.3 Å². The molecule has 0 amide bonds. The Kier molecular flexibility index (Phi) is 6.25. The van der Waals surface area contributed by atoms with Gasteiger partial charge < -0.3 is 14.8 Å². The number of ether oxygens (including phenoxy) is 2. The highest BCUT2D eigenvalue weighted by Gasteiger charge is 2.36. The lowest BCUT2D eigenvalue weighted by molar-refractivity contribution is -0.0316. The predicted octanol–water partition coefficient (Wildman–Crippen LogP) is 2.95. The molecule has 4 nitrogen and oxygen atoms in total. The highest BCUT2D eigenvalue weighted by Crippen LogP contribution is 2.34. The van der Waals surface area contributed by atoms with Crippen LogP contribution in [0, 0.1) is 0 Å². The summed E-state index contributed by atoms with van der Waals surface area (Å²) in [6, 6.07) is 3.84. The number of pyridine rings is 1. The molecule has 0 aliphatic heterocycles. The molecule has 0 aliphatic carbocycles. The highest BCUT2D eigenvalue weighted by molar-refractivity contribution is 5.31. The highest BCUT2D eigenvalue weighted by atomic mass is 16.5. The van der Waals surface area contributed by atoms with Gasteiger partial charge in [0.05, 0.1) is 18.8 Å². The maximum absolute atomic E-state index is 5.74. The number of nitrogens with one attached hydrogen (secondary N) is 1. The normalized spacial score (nSPS) is 15.8. The fourth-order valence-corrected chi connectivity index (χ4v) is 2.15. The maximum Gasteiger partial charge on any atom is 0.142 e. The maximum atomic E-state index is 5.74. The molecule has 108 valence electrons. The van der Waals surface area contributed by atoms with Gasteiger partial charge in [-0.3, -0.25) is 4.98 Å². The van der Waals surface area contributed by atoms with Crippen molar-refractivity contribution in [3.63, 3.8) is 0 Å². The van der Waals surface area contributed by atoms with Gasteiger partial charge in [-0.2, -0.15) is 0 Å². The molecule has 0 fully saturated rings. The van der Waals surface area contributed by atoms with Crippen molar-refractivity contribution in [2.75, 3.05) is 20.8 Å². The molecule has 1 aromatic rings. The molecule has 19 heavy (non-hydrogen) atoms. The number of aromatic nitrogens is 1. The Labute approximate surface area is 116 Å². The largest absolute Gasteiger partial charge is 0.495 e. The molecule has 1 heterocycles. The molecule has 0 aromatic carbocycles. The van der Waals surface area contributed by atoms with E-state index < -0.39 is 0 Å². The van der Waals surface area contributed by atoms with E-state index >= 15 is 0 Å². The second-order valence-corrected chi connectivity index (χ2v) is 4.85. The quantitative estimate of drug-likeness (QED) is 0.785. The Morgan fingerprint density at radius 1 is 1.37 bits per heavy atom. The van der Waals surface area contributed by atoms with Crippen molar-refractivity contribution in [2.24, 2.45) is 0 Å². The average molecular weight is 266 g/mol. The summed E-state index contributed by atoms with van der Waals surface area (Å²) in [7, 11) is 3.42. The number of rotatable bonds is 8. The van der Waals surface area contributed by atoms with E-state index in [1.807, 2.05) is 12.1 Å². The van der Waals surface area contributed by atoms with Gasteiger partial charge in [-0.15, -0.1) is 0 Å². The van der Waals surface area contributed by atoms with Crippen LogP contribution in [0.5, 0.6) is 5.75 Å². The molecule has 0 spiro atoms. The zero-order valence-electron chi connectivity index (χ0n) is 12.7. The van der Waals surface area contributed by atoms with E-state index in [0.29, 0.717) is 0 Å². The summed E-state index contributed by atoms with van der Waals surface area (Å²) in [5.74, 6) is 0.799. The second kappa shape index (κ2) is 7.46. The minimum atomic E-state index is -0.309. The summed E-state index contributed by atoms with van der Waals surface area (Å²) in [6.45, 7) is 7.30. The molecule has 4 heteroatoms. The molecule has 0 saturated heterocycles. The summed E-state index contributed by atoms with van der Waals surface area (Å²) >= 11 is 0. The molecular formula is C15H26N2O2. The Morgan fingerprint density at radius 2 is 2.11 bits per heavy atom. The van der Waals surface area contributed by atoms with E-state index in [2.05, 4.69) is 31.1 Å². The van der Waals surface area contributed by atoms with Gasteiger partial charge in [0.2, 0.25) is 0 Å². The fraction of sp³-hybridized carbons (Fsp3) is 0.667. The van der Waals surface area contributed by atoms with E-state index in [9.17, 15) is 0 Å². The molecule has 0 radical (unpaired) electrons. The SMILES string of the molecule is CCCNC(c1ncccc1OC)C(C)(CC)OC. The first-order chi connectivity index (χ1) is 9.12. The molecule has 0 aliphatic rings. The number of hydrogen-bond acceptors (Lipinski definition) is 4.